The zero-order chi connectivity index (χ0) is 19.1. The van der Waals surface area contributed by atoms with E-state index in [4.69, 9.17) is 0 Å². The summed E-state index contributed by atoms with van der Waals surface area (Å²) in [7, 11) is 0. The molecule has 0 radical (unpaired) electrons. The highest BCUT2D eigenvalue weighted by atomic mass is 16.1. The van der Waals surface area contributed by atoms with Gasteiger partial charge in [-0.3, -0.25) is 4.79 Å². The van der Waals surface area contributed by atoms with Crippen LogP contribution in [0.4, 0.5) is 0 Å². The van der Waals surface area contributed by atoms with E-state index in [-0.39, 0.29) is 10.8 Å². The van der Waals surface area contributed by atoms with Crippen molar-refractivity contribution in [3.05, 3.63) is 89.5 Å². The number of ketones is 1. The molecule has 0 heterocycles. The minimum absolute atomic E-state index is 0.252. The summed E-state index contributed by atoms with van der Waals surface area (Å²) in [6, 6.07) is 21.6. The van der Waals surface area contributed by atoms with Gasteiger partial charge >= 0.3 is 0 Å². The van der Waals surface area contributed by atoms with Crippen LogP contribution < -0.4 is 0 Å². The lowest BCUT2D eigenvalue weighted by Crippen LogP contribution is -2.66. The third-order valence-electron chi connectivity index (χ3n) is 8.69. The molecule has 1 heteroatoms. The van der Waals surface area contributed by atoms with Crippen LogP contribution in [0.2, 0.25) is 0 Å². The zero-order valence-corrected chi connectivity index (χ0v) is 16.6. The Balaban J connectivity index is 1.73. The molecule has 2 bridgehead atoms. The van der Waals surface area contributed by atoms with Crippen molar-refractivity contribution >= 4 is 11.4 Å². The topological polar surface area (TPSA) is 17.1 Å². The van der Waals surface area contributed by atoms with Crippen molar-refractivity contribution in [2.75, 3.05) is 0 Å². The lowest BCUT2D eigenvalue weighted by atomic mass is 9.34. The fourth-order valence-electron chi connectivity index (χ4n) is 7.61. The average Bonchev–Trinajstić information content (AvgIpc) is 2.90. The molecule has 0 saturated heterocycles. The van der Waals surface area contributed by atoms with Crippen LogP contribution in [0.3, 0.4) is 0 Å². The molecular weight excluding hydrogens is 340 g/mol. The number of hydrogen-bond acceptors (Lipinski definition) is 1. The Labute approximate surface area is 167 Å². The Kier molecular flexibility index (Phi) is 3.16. The van der Waals surface area contributed by atoms with E-state index in [1.807, 2.05) is 0 Å². The first-order valence-electron chi connectivity index (χ1n) is 10.7. The molecule has 28 heavy (non-hydrogen) atoms. The van der Waals surface area contributed by atoms with Crippen LogP contribution in [-0.2, 0) is 10.2 Å². The summed E-state index contributed by atoms with van der Waals surface area (Å²) in [4.78, 5) is 14.0. The Morgan fingerprint density at radius 2 is 1.39 bits per heavy atom. The molecule has 0 N–H and O–H groups in total. The quantitative estimate of drug-likeness (QED) is 0.611. The molecule has 5 aliphatic carbocycles. The van der Waals surface area contributed by atoms with E-state index in [0.717, 1.165) is 5.57 Å². The first-order chi connectivity index (χ1) is 13.6. The highest BCUT2D eigenvalue weighted by Gasteiger charge is 2.74. The summed E-state index contributed by atoms with van der Waals surface area (Å²) >= 11 is 0. The van der Waals surface area contributed by atoms with E-state index >= 15 is 0 Å². The average molecular weight is 367 g/mol. The molecule has 0 aliphatic heterocycles. The second kappa shape index (κ2) is 5.35. The van der Waals surface area contributed by atoms with Gasteiger partial charge in [0, 0.05) is 5.41 Å². The largest absolute Gasteiger partial charge is 0.294 e. The van der Waals surface area contributed by atoms with Gasteiger partial charge in [0.1, 0.15) is 0 Å². The fourth-order valence-corrected chi connectivity index (χ4v) is 7.61. The normalized spacial score (nSPS) is 40.3. The van der Waals surface area contributed by atoms with E-state index in [0.29, 0.717) is 29.5 Å². The molecule has 2 saturated carbocycles. The molecule has 140 valence electrons. The van der Waals surface area contributed by atoms with Crippen molar-refractivity contribution in [3.63, 3.8) is 0 Å². The smallest absolute Gasteiger partial charge is 0.166 e. The molecule has 7 rings (SSSR count). The van der Waals surface area contributed by atoms with Crippen molar-refractivity contribution in [3.8, 4) is 0 Å². The second-order valence-corrected chi connectivity index (χ2v) is 9.41. The summed E-state index contributed by atoms with van der Waals surface area (Å²) in [6.45, 7) is 4.37. The van der Waals surface area contributed by atoms with Gasteiger partial charge in [0.15, 0.2) is 5.78 Å². The number of allylic oxidation sites excluding steroid dienone is 4. The lowest BCUT2D eigenvalue weighted by molar-refractivity contribution is -0.146. The Hall–Kier alpha value is -2.41. The van der Waals surface area contributed by atoms with E-state index in [2.05, 4.69) is 86.7 Å². The fraction of sp³-hybridized carbons (Fsp3) is 0.370. The maximum absolute atomic E-state index is 14.0. The standard InChI is InChI=1S/C27H26O/c1-17-24(18-9-5-3-6-10-18)27(19-11-7-4-8-12-19)23-16-15-22(20-13-14-21(20)23)26(27,2)25(17)28/h3-12,15-16,20-23H,13-14H2,1-2H3/t20-,21+,22+,23+,26-,27+/m1/s1. The van der Waals surface area contributed by atoms with Crippen molar-refractivity contribution in [1.82, 2.24) is 0 Å². The van der Waals surface area contributed by atoms with Crippen molar-refractivity contribution in [1.29, 1.82) is 0 Å². The van der Waals surface area contributed by atoms with Gasteiger partial charge in [-0.2, -0.15) is 0 Å². The molecule has 1 nitrogen and oxygen atoms in total. The van der Waals surface area contributed by atoms with E-state index < -0.39 is 0 Å². The van der Waals surface area contributed by atoms with Crippen LogP contribution in [-0.4, -0.2) is 5.78 Å². The highest BCUT2D eigenvalue weighted by Crippen LogP contribution is 2.76. The van der Waals surface area contributed by atoms with Gasteiger partial charge in [0.25, 0.3) is 0 Å². The predicted octanol–water partition coefficient (Wildman–Crippen LogP) is 5.83. The Morgan fingerprint density at radius 3 is 2.04 bits per heavy atom. The van der Waals surface area contributed by atoms with Crippen molar-refractivity contribution < 1.29 is 4.79 Å². The lowest BCUT2D eigenvalue weighted by Gasteiger charge is -2.67. The summed E-state index contributed by atoms with van der Waals surface area (Å²) in [5, 5.41) is 0. The summed E-state index contributed by atoms with van der Waals surface area (Å²) in [5.74, 6) is 2.52. The maximum Gasteiger partial charge on any atom is 0.166 e. The second-order valence-electron chi connectivity index (χ2n) is 9.41. The monoisotopic (exact) mass is 366 g/mol. The van der Waals surface area contributed by atoms with Crippen LogP contribution in [0, 0.1) is 29.1 Å². The minimum Gasteiger partial charge on any atom is -0.294 e. The van der Waals surface area contributed by atoms with Gasteiger partial charge in [0.2, 0.25) is 0 Å². The van der Waals surface area contributed by atoms with Gasteiger partial charge in [-0.15, -0.1) is 0 Å². The van der Waals surface area contributed by atoms with Crippen LogP contribution in [0.1, 0.15) is 37.8 Å². The first-order valence-corrected chi connectivity index (χ1v) is 10.7. The minimum atomic E-state index is -0.384. The van der Waals surface area contributed by atoms with E-state index in [1.165, 1.54) is 29.5 Å². The Bertz CT molecular complexity index is 1030. The molecular formula is C27H26O. The summed E-state index contributed by atoms with van der Waals surface area (Å²) in [6.07, 6.45) is 7.47. The molecule has 0 spiro atoms. The third-order valence-corrected chi connectivity index (χ3v) is 8.69. The number of benzene rings is 2. The highest BCUT2D eigenvalue weighted by molar-refractivity contribution is 6.15. The number of Topliss-reactive ketones (excluding diaryl/α,β-unsaturated/α-hetero) is 1. The number of carbonyl (C=O) groups excluding carboxylic acids is 1. The molecule has 2 aromatic carbocycles. The SMILES string of the molecule is CC1=C(c2ccccc2)[C@]2(c3ccccc3)[C@H]3C=C[C@@H]([C@@H]4CC[C@@H]43)[C@]2(C)C1=O. The summed E-state index contributed by atoms with van der Waals surface area (Å²) < 4.78 is 0. The molecule has 5 aliphatic rings. The van der Waals surface area contributed by atoms with Crippen LogP contribution >= 0.6 is 0 Å². The van der Waals surface area contributed by atoms with Crippen LogP contribution in [0.25, 0.3) is 5.57 Å². The molecule has 0 unspecified atom stereocenters. The van der Waals surface area contributed by atoms with Gasteiger partial charge in [-0.05, 0) is 65.7 Å². The number of hydrogen-bond donors (Lipinski definition) is 0. The molecule has 0 amide bonds. The molecule has 6 atom stereocenters. The van der Waals surface area contributed by atoms with E-state index in [9.17, 15) is 4.79 Å². The first kappa shape index (κ1) is 16.5. The molecule has 0 aromatic heterocycles. The van der Waals surface area contributed by atoms with Gasteiger partial charge in [0.05, 0.1) is 5.41 Å². The third kappa shape index (κ3) is 1.61. The number of carbonyl (C=O) groups is 1. The summed E-state index contributed by atoms with van der Waals surface area (Å²) in [5.41, 5.74) is 4.18. The van der Waals surface area contributed by atoms with Crippen LogP contribution in [0.5, 0.6) is 0 Å². The van der Waals surface area contributed by atoms with Crippen LogP contribution in [0.15, 0.2) is 78.4 Å². The van der Waals surface area contributed by atoms with Crippen molar-refractivity contribution in [2.24, 2.45) is 29.1 Å². The molecule has 2 fully saturated rings. The van der Waals surface area contributed by atoms with Gasteiger partial charge in [-0.1, -0.05) is 79.7 Å². The van der Waals surface area contributed by atoms with E-state index in [1.54, 1.807) is 0 Å². The Morgan fingerprint density at radius 1 is 0.821 bits per heavy atom. The zero-order valence-electron chi connectivity index (χ0n) is 16.6. The van der Waals surface area contributed by atoms with Gasteiger partial charge in [-0.25, -0.2) is 0 Å². The number of rotatable bonds is 2. The van der Waals surface area contributed by atoms with Crippen molar-refractivity contribution in [2.45, 2.75) is 32.1 Å². The van der Waals surface area contributed by atoms with Gasteiger partial charge < -0.3 is 0 Å². The molecule has 2 aromatic rings. The predicted molar refractivity (Wildman–Crippen MR) is 113 cm³/mol. The maximum atomic E-state index is 14.0.